The van der Waals surface area contributed by atoms with Crippen molar-refractivity contribution in [3.8, 4) is 6.07 Å². The second-order valence-corrected chi connectivity index (χ2v) is 5.19. The zero-order valence-corrected chi connectivity index (χ0v) is 10.8. The molecule has 2 rings (SSSR count). The first kappa shape index (κ1) is 13.6. The molecule has 0 spiro atoms. The molecule has 0 amide bonds. The zero-order chi connectivity index (χ0) is 13.9. The van der Waals surface area contributed by atoms with Gasteiger partial charge in [-0.3, -0.25) is 13.9 Å². The lowest BCUT2D eigenvalue weighted by molar-refractivity contribution is 0.404. The van der Waals surface area contributed by atoms with E-state index in [0.29, 0.717) is 32.5 Å². The third kappa shape index (κ3) is 2.93. The summed E-state index contributed by atoms with van der Waals surface area (Å²) in [6.07, 6.45) is 4.52. The van der Waals surface area contributed by atoms with Crippen LogP contribution in [-0.2, 0) is 13.1 Å². The maximum Gasteiger partial charge on any atom is 0.330 e. The molecule has 1 aromatic heterocycles. The quantitative estimate of drug-likeness (QED) is 0.784. The van der Waals surface area contributed by atoms with E-state index in [4.69, 9.17) is 11.0 Å². The molecule has 0 aromatic carbocycles. The van der Waals surface area contributed by atoms with E-state index in [1.165, 1.54) is 16.8 Å². The molecule has 1 fully saturated rings. The molecule has 1 aromatic rings. The van der Waals surface area contributed by atoms with Crippen LogP contribution in [0.1, 0.15) is 25.7 Å². The van der Waals surface area contributed by atoms with E-state index in [1.54, 1.807) is 4.57 Å². The van der Waals surface area contributed by atoms with Crippen LogP contribution in [0.4, 0.5) is 0 Å². The molecule has 0 bridgehead atoms. The van der Waals surface area contributed by atoms with Crippen LogP contribution in [0.3, 0.4) is 0 Å². The van der Waals surface area contributed by atoms with Crippen molar-refractivity contribution in [1.29, 1.82) is 5.26 Å². The molecule has 6 heteroatoms. The van der Waals surface area contributed by atoms with Crippen LogP contribution in [0.2, 0.25) is 0 Å². The SMILES string of the molecule is N#CCC1(Cn2ccc(=O)n(CCCN)c2=O)CC1. The molecule has 0 saturated heterocycles. The number of nitrogens with zero attached hydrogens (tertiary/aromatic N) is 3. The molecule has 19 heavy (non-hydrogen) atoms. The van der Waals surface area contributed by atoms with E-state index in [0.717, 1.165) is 12.8 Å². The molecule has 102 valence electrons. The molecule has 1 saturated carbocycles. The zero-order valence-electron chi connectivity index (χ0n) is 10.8. The molecule has 1 heterocycles. The Kier molecular flexibility index (Phi) is 3.86. The average Bonchev–Trinajstić information content (AvgIpc) is 3.13. The average molecular weight is 262 g/mol. The Morgan fingerprint density at radius 1 is 1.42 bits per heavy atom. The van der Waals surface area contributed by atoms with E-state index < -0.39 is 0 Å². The molecule has 0 atom stereocenters. The second-order valence-electron chi connectivity index (χ2n) is 5.19. The summed E-state index contributed by atoms with van der Waals surface area (Å²) in [6.45, 7) is 1.31. The van der Waals surface area contributed by atoms with Crippen LogP contribution in [-0.4, -0.2) is 15.7 Å². The van der Waals surface area contributed by atoms with E-state index >= 15 is 0 Å². The Balaban J connectivity index is 2.25. The minimum Gasteiger partial charge on any atom is -0.330 e. The van der Waals surface area contributed by atoms with Gasteiger partial charge in [-0.1, -0.05) is 0 Å². The Bertz CT molecular complexity index is 604. The topological polar surface area (TPSA) is 93.8 Å². The largest absolute Gasteiger partial charge is 0.330 e. The summed E-state index contributed by atoms with van der Waals surface area (Å²) in [5.74, 6) is 0. The van der Waals surface area contributed by atoms with Crippen molar-refractivity contribution in [1.82, 2.24) is 9.13 Å². The predicted molar refractivity (Wildman–Crippen MR) is 70.5 cm³/mol. The van der Waals surface area contributed by atoms with Crippen molar-refractivity contribution in [3.05, 3.63) is 33.1 Å². The van der Waals surface area contributed by atoms with Crippen LogP contribution in [0.25, 0.3) is 0 Å². The third-order valence-corrected chi connectivity index (χ3v) is 3.64. The summed E-state index contributed by atoms with van der Waals surface area (Å²) in [7, 11) is 0. The van der Waals surface area contributed by atoms with Crippen molar-refractivity contribution >= 4 is 0 Å². The maximum absolute atomic E-state index is 12.2. The van der Waals surface area contributed by atoms with Crippen LogP contribution in [0.5, 0.6) is 0 Å². The summed E-state index contributed by atoms with van der Waals surface area (Å²) in [5.41, 5.74) is 4.75. The van der Waals surface area contributed by atoms with Gasteiger partial charge < -0.3 is 5.73 Å². The third-order valence-electron chi connectivity index (χ3n) is 3.64. The molecule has 0 radical (unpaired) electrons. The molecular formula is C13H18N4O2. The monoisotopic (exact) mass is 262 g/mol. The fourth-order valence-corrected chi connectivity index (χ4v) is 2.23. The first-order chi connectivity index (χ1) is 9.12. The van der Waals surface area contributed by atoms with Gasteiger partial charge in [0.1, 0.15) is 0 Å². The summed E-state index contributed by atoms with van der Waals surface area (Å²) in [4.78, 5) is 23.9. The van der Waals surface area contributed by atoms with Gasteiger partial charge in [-0.25, -0.2) is 4.79 Å². The summed E-state index contributed by atoms with van der Waals surface area (Å²) < 4.78 is 2.76. The summed E-state index contributed by atoms with van der Waals surface area (Å²) in [6, 6.07) is 3.57. The fraction of sp³-hybridized carbons (Fsp3) is 0.615. The van der Waals surface area contributed by atoms with E-state index in [-0.39, 0.29) is 16.7 Å². The molecule has 6 nitrogen and oxygen atoms in total. The lowest BCUT2D eigenvalue weighted by atomic mass is 10.0. The van der Waals surface area contributed by atoms with Crippen LogP contribution < -0.4 is 17.0 Å². The van der Waals surface area contributed by atoms with Gasteiger partial charge in [0, 0.05) is 37.2 Å². The van der Waals surface area contributed by atoms with Crippen molar-refractivity contribution in [2.45, 2.75) is 38.8 Å². The highest BCUT2D eigenvalue weighted by Crippen LogP contribution is 2.49. The highest BCUT2D eigenvalue weighted by Gasteiger charge is 2.42. The van der Waals surface area contributed by atoms with Crippen LogP contribution >= 0.6 is 0 Å². The highest BCUT2D eigenvalue weighted by molar-refractivity contribution is 5.00. The standard InChI is InChI=1S/C13H18N4O2/c14-6-1-8-17-11(18)2-9-16(12(17)19)10-13(3-4-13)5-7-15/h2,9H,1,3-6,8,10,14H2. The Morgan fingerprint density at radius 3 is 2.74 bits per heavy atom. The number of hydrogen-bond donors (Lipinski definition) is 1. The Labute approximate surface area is 111 Å². The van der Waals surface area contributed by atoms with Gasteiger partial charge in [0.2, 0.25) is 0 Å². The molecule has 0 unspecified atom stereocenters. The molecule has 0 aliphatic heterocycles. The van der Waals surface area contributed by atoms with E-state index in [1.807, 2.05) is 0 Å². The Morgan fingerprint density at radius 2 is 2.16 bits per heavy atom. The number of hydrogen-bond acceptors (Lipinski definition) is 4. The minimum absolute atomic E-state index is 0.0608. The second kappa shape index (κ2) is 5.41. The Hall–Kier alpha value is -1.87. The van der Waals surface area contributed by atoms with Crippen molar-refractivity contribution < 1.29 is 0 Å². The summed E-state index contributed by atoms with van der Waals surface area (Å²) >= 11 is 0. The van der Waals surface area contributed by atoms with Crippen LogP contribution in [0.15, 0.2) is 21.9 Å². The highest BCUT2D eigenvalue weighted by atomic mass is 16.2. The van der Waals surface area contributed by atoms with Gasteiger partial charge in [-0.05, 0) is 25.8 Å². The normalized spacial score (nSPS) is 16.0. The maximum atomic E-state index is 12.2. The lowest BCUT2D eigenvalue weighted by Gasteiger charge is -2.14. The van der Waals surface area contributed by atoms with Crippen molar-refractivity contribution in [3.63, 3.8) is 0 Å². The first-order valence-corrected chi connectivity index (χ1v) is 6.49. The summed E-state index contributed by atoms with van der Waals surface area (Å²) in [5, 5.41) is 8.80. The molecule has 1 aliphatic rings. The first-order valence-electron chi connectivity index (χ1n) is 6.49. The number of nitriles is 1. The lowest BCUT2D eigenvalue weighted by Crippen LogP contribution is -2.40. The number of nitrogens with two attached hydrogens (primary N) is 1. The van der Waals surface area contributed by atoms with Crippen LogP contribution in [0, 0.1) is 16.7 Å². The smallest absolute Gasteiger partial charge is 0.330 e. The predicted octanol–water partition coefficient (Wildman–Crippen LogP) is 0.0527. The molecular weight excluding hydrogens is 244 g/mol. The van der Waals surface area contributed by atoms with E-state index in [9.17, 15) is 9.59 Å². The molecule has 1 aliphatic carbocycles. The van der Waals surface area contributed by atoms with Gasteiger partial charge in [0.05, 0.1) is 6.07 Å². The minimum atomic E-state index is -0.301. The molecule has 2 N–H and O–H groups in total. The van der Waals surface area contributed by atoms with Gasteiger partial charge in [-0.15, -0.1) is 0 Å². The van der Waals surface area contributed by atoms with E-state index in [2.05, 4.69) is 6.07 Å². The van der Waals surface area contributed by atoms with Gasteiger partial charge in [0.25, 0.3) is 5.56 Å². The van der Waals surface area contributed by atoms with Crippen molar-refractivity contribution in [2.75, 3.05) is 6.54 Å². The van der Waals surface area contributed by atoms with Gasteiger partial charge in [0.15, 0.2) is 0 Å². The number of aromatic nitrogens is 2. The fourth-order valence-electron chi connectivity index (χ4n) is 2.23. The van der Waals surface area contributed by atoms with Crippen molar-refractivity contribution in [2.24, 2.45) is 11.1 Å². The van der Waals surface area contributed by atoms with Gasteiger partial charge in [-0.2, -0.15) is 5.26 Å². The number of rotatable bonds is 6. The van der Waals surface area contributed by atoms with Gasteiger partial charge >= 0.3 is 5.69 Å².